The van der Waals surface area contributed by atoms with Gasteiger partial charge in [-0.05, 0) is 84.6 Å². The minimum atomic E-state index is -1.54. The van der Waals surface area contributed by atoms with E-state index in [0.717, 1.165) is 51.9 Å². The molecule has 30 heteroatoms. The fraction of sp³-hybridized carbons (Fsp3) is 0.600. The number of aromatic nitrogens is 6. The molecule has 21 N–H and O–H groups in total. The number of carbonyl (C=O) groups excluding carboxylic acids is 7. The lowest BCUT2D eigenvalue weighted by Crippen LogP contribution is -2.58. The number of H-pyrrole nitrogens is 1. The van der Waals surface area contributed by atoms with E-state index >= 15 is 0 Å². The Labute approximate surface area is 473 Å². The second-order valence-corrected chi connectivity index (χ2v) is 21.6. The molecular formula is C50H81N19O9S2. The summed E-state index contributed by atoms with van der Waals surface area (Å²) in [6.07, 6.45) is 3.79. The highest BCUT2D eigenvalue weighted by Crippen LogP contribution is 2.26. The predicted molar refractivity (Wildman–Crippen MR) is 302 cm³/mol. The van der Waals surface area contributed by atoms with E-state index in [2.05, 4.69) is 72.4 Å². The number of aliphatic hydroxyl groups is 2. The third kappa shape index (κ3) is 21.8. The number of thiazole rings is 2. The molecule has 442 valence electrons. The number of aliphatic hydroxyl groups excluding tert-OH is 2. The number of amides is 7. The molecule has 28 nitrogen and oxygen atoms in total. The highest BCUT2D eigenvalue weighted by atomic mass is 32.1. The summed E-state index contributed by atoms with van der Waals surface area (Å²) in [6, 6.07) is -6.05. The Morgan fingerprint density at radius 3 is 2.11 bits per heavy atom. The number of rotatable bonds is 38. The number of nitrogen functional groups attached to an aromatic ring is 1. The van der Waals surface area contributed by atoms with Gasteiger partial charge in [0.2, 0.25) is 29.5 Å². The van der Waals surface area contributed by atoms with Crippen LogP contribution < -0.4 is 71.2 Å². The van der Waals surface area contributed by atoms with Crippen LogP contribution in [0, 0.1) is 18.8 Å². The Balaban J connectivity index is 1.34. The van der Waals surface area contributed by atoms with E-state index in [-0.39, 0.29) is 67.1 Å². The molecule has 0 saturated heterocycles. The molecule has 0 radical (unpaired) electrons. The SMILES string of the molecule is Cc1c(N)nc([C@H](CC(N)=O)NC[C@H](N)C(N)=O)nc1C(=O)N[C@@H](Cc1cnc[nH]1)C(=O)N[C@H](CC(C)C)[C@@H](O)[C@H](C)C(=O)N[C@H](C(=O)NCCc1nc(-c2nc(C(=O)NCCCNCCCCNCCCN)cs2)cs1)[C@@H](C)O. The van der Waals surface area contributed by atoms with Crippen LogP contribution in [0.2, 0.25) is 0 Å². The van der Waals surface area contributed by atoms with Crippen molar-refractivity contribution < 1.29 is 43.8 Å². The highest BCUT2D eigenvalue weighted by Gasteiger charge is 2.36. The maximum absolute atomic E-state index is 14.3. The summed E-state index contributed by atoms with van der Waals surface area (Å²) >= 11 is 2.64. The second kappa shape index (κ2) is 33.8. The number of aromatic amines is 1. The normalized spacial score (nSPS) is 14.5. The number of hydrogen-bond acceptors (Lipinski definition) is 22. The molecule has 0 aliphatic heterocycles. The maximum atomic E-state index is 14.3. The monoisotopic (exact) mass is 1160 g/mol. The standard InChI is InChI=1S/C50H81N19O9S2/c1-26(2)18-32(64-47(76)34(19-30-21-58-25-62-30)65-49(78)39-27(3)42(54)69-44(67-39)33(20-37(53)71)61-22-31(52)43(55)73)41(72)28(4)45(74)68-40(29(5)70)48(77)60-17-10-38-63-36(24-79-38)50-66-35(23-80-50)46(75)59-16-9-15-57-13-7-6-12-56-14-8-11-51/h21,23-26,28-29,31-34,40-41,56-57,61,70,72H,6-20,22,51-52H2,1-5H3,(H2,53,71)(H2,55,73)(H,58,62)(H,59,75)(H,60,77)(H,64,76)(H,65,78)(H,68,74)(H2,54,67,69)/t28-,29+,31-,32+,33-,34-,40-,41-/m0/s1. The summed E-state index contributed by atoms with van der Waals surface area (Å²) in [4.78, 5) is 117. The Bertz CT molecular complexity index is 2620. The number of hydrogen-bond donors (Lipinski definition) is 16. The van der Waals surface area contributed by atoms with Crippen LogP contribution in [0.4, 0.5) is 5.82 Å². The van der Waals surface area contributed by atoms with Gasteiger partial charge in [0.15, 0.2) is 0 Å². The van der Waals surface area contributed by atoms with E-state index in [4.69, 9.17) is 28.7 Å². The minimum Gasteiger partial charge on any atom is -0.391 e. The van der Waals surface area contributed by atoms with Crippen LogP contribution in [0.25, 0.3) is 10.7 Å². The Morgan fingerprint density at radius 2 is 1.48 bits per heavy atom. The van der Waals surface area contributed by atoms with Gasteiger partial charge in [-0.3, -0.25) is 33.6 Å². The predicted octanol–water partition coefficient (Wildman–Crippen LogP) is -2.49. The van der Waals surface area contributed by atoms with Crippen LogP contribution in [0.15, 0.2) is 23.3 Å². The molecule has 0 bridgehead atoms. The van der Waals surface area contributed by atoms with Crippen LogP contribution >= 0.6 is 22.7 Å². The second-order valence-electron chi connectivity index (χ2n) is 19.8. The van der Waals surface area contributed by atoms with Crippen LogP contribution in [0.5, 0.6) is 0 Å². The average molecular weight is 1160 g/mol. The maximum Gasteiger partial charge on any atom is 0.271 e. The average Bonchev–Trinajstić information content (AvgIpc) is 4.23. The molecule has 4 heterocycles. The van der Waals surface area contributed by atoms with Crippen molar-refractivity contribution in [2.24, 2.45) is 34.8 Å². The first-order chi connectivity index (χ1) is 38.1. The van der Waals surface area contributed by atoms with Gasteiger partial charge in [-0.25, -0.2) is 24.9 Å². The first kappa shape index (κ1) is 65.9. The molecule has 7 amide bonds. The van der Waals surface area contributed by atoms with E-state index in [1.807, 2.05) is 19.2 Å². The Morgan fingerprint density at radius 1 is 0.775 bits per heavy atom. The van der Waals surface area contributed by atoms with E-state index in [1.165, 1.54) is 56.0 Å². The molecule has 0 aliphatic carbocycles. The number of anilines is 1. The topological polar surface area (TPSA) is 467 Å². The van der Waals surface area contributed by atoms with Crippen LogP contribution in [0.1, 0.15) is 115 Å². The molecule has 0 aromatic carbocycles. The number of nitrogens with zero attached hydrogens (tertiary/aromatic N) is 5. The van der Waals surface area contributed by atoms with Crippen molar-refractivity contribution in [2.45, 2.75) is 128 Å². The third-order valence-electron chi connectivity index (χ3n) is 12.6. The molecule has 4 aromatic heterocycles. The van der Waals surface area contributed by atoms with E-state index in [1.54, 1.807) is 5.38 Å². The molecule has 4 aromatic rings. The van der Waals surface area contributed by atoms with Gasteiger partial charge in [-0.15, -0.1) is 22.7 Å². The van der Waals surface area contributed by atoms with Gasteiger partial charge < -0.3 is 86.4 Å². The zero-order chi connectivity index (χ0) is 58.9. The van der Waals surface area contributed by atoms with E-state index in [9.17, 15) is 43.8 Å². The first-order valence-electron chi connectivity index (χ1n) is 26.6. The smallest absolute Gasteiger partial charge is 0.271 e. The Hall–Kier alpha value is -6.64. The van der Waals surface area contributed by atoms with Crippen molar-refractivity contribution in [3.05, 3.63) is 56.8 Å². The van der Waals surface area contributed by atoms with E-state index in [0.29, 0.717) is 46.6 Å². The lowest BCUT2D eigenvalue weighted by molar-refractivity contribution is -0.136. The van der Waals surface area contributed by atoms with Gasteiger partial charge in [0, 0.05) is 67.1 Å². The van der Waals surface area contributed by atoms with Crippen LogP contribution in [0.3, 0.4) is 0 Å². The molecule has 80 heavy (non-hydrogen) atoms. The summed E-state index contributed by atoms with van der Waals surface area (Å²) in [6.45, 7) is 12.6. The first-order valence-corrected chi connectivity index (χ1v) is 28.4. The van der Waals surface area contributed by atoms with Crippen molar-refractivity contribution >= 4 is 69.8 Å². The zero-order valence-corrected chi connectivity index (χ0v) is 47.6. The van der Waals surface area contributed by atoms with Crippen LogP contribution in [-0.4, -0.2) is 170 Å². The summed E-state index contributed by atoms with van der Waals surface area (Å²) < 4.78 is 0. The van der Waals surface area contributed by atoms with Gasteiger partial charge in [-0.2, -0.15) is 0 Å². The summed E-state index contributed by atoms with van der Waals surface area (Å²) in [5.74, 6) is -6.63. The molecule has 0 spiro atoms. The summed E-state index contributed by atoms with van der Waals surface area (Å²) in [7, 11) is 0. The van der Waals surface area contributed by atoms with Gasteiger partial charge in [0.05, 0.1) is 47.6 Å². The fourth-order valence-corrected chi connectivity index (χ4v) is 9.60. The van der Waals surface area contributed by atoms with Crippen molar-refractivity contribution in [1.82, 2.24) is 72.4 Å². The summed E-state index contributed by atoms with van der Waals surface area (Å²) in [5.41, 5.74) is 29.4. The Kier molecular flexibility index (Phi) is 27.9. The summed E-state index contributed by atoms with van der Waals surface area (Å²) in [5, 5.41) is 50.4. The van der Waals surface area contributed by atoms with Crippen molar-refractivity contribution in [3.8, 4) is 10.7 Å². The van der Waals surface area contributed by atoms with Crippen molar-refractivity contribution in [2.75, 3.05) is 58.1 Å². The van der Waals surface area contributed by atoms with Crippen molar-refractivity contribution in [1.29, 1.82) is 0 Å². The highest BCUT2D eigenvalue weighted by molar-refractivity contribution is 7.14. The van der Waals surface area contributed by atoms with Gasteiger partial charge >= 0.3 is 0 Å². The third-order valence-corrected chi connectivity index (χ3v) is 14.4. The largest absolute Gasteiger partial charge is 0.391 e. The molecular weight excluding hydrogens is 1070 g/mol. The molecule has 4 rings (SSSR count). The fourth-order valence-electron chi connectivity index (χ4n) is 7.98. The number of unbranched alkanes of at least 4 members (excludes halogenated alkanes) is 1. The van der Waals surface area contributed by atoms with Gasteiger partial charge in [-0.1, -0.05) is 20.8 Å². The number of nitrogens with two attached hydrogens (primary N) is 5. The number of imidazole rings is 1. The zero-order valence-electron chi connectivity index (χ0n) is 46.0. The molecule has 0 saturated carbocycles. The number of carbonyl (C=O) groups is 7. The number of primary amides is 2. The molecule has 0 unspecified atom stereocenters. The van der Waals surface area contributed by atoms with E-state index < -0.39 is 83.8 Å². The number of nitrogens with one attached hydrogen (secondary N) is 9. The minimum absolute atomic E-state index is 0.0978. The molecule has 8 atom stereocenters. The molecule has 0 aliphatic rings. The van der Waals surface area contributed by atoms with Gasteiger partial charge in [0.25, 0.3) is 11.8 Å². The van der Waals surface area contributed by atoms with Gasteiger partial charge in [0.1, 0.15) is 45.8 Å². The lowest BCUT2D eigenvalue weighted by atomic mass is 9.90. The van der Waals surface area contributed by atoms with Crippen LogP contribution in [-0.2, 0) is 36.8 Å². The van der Waals surface area contributed by atoms with Crippen molar-refractivity contribution in [3.63, 3.8) is 0 Å². The molecule has 0 fully saturated rings. The lowest BCUT2D eigenvalue weighted by Gasteiger charge is -2.32. The quantitative estimate of drug-likeness (QED) is 0.0206.